The molecule has 1 aliphatic heterocycles. The molecule has 3 aromatic rings. The van der Waals surface area contributed by atoms with Crippen molar-refractivity contribution < 1.29 is 31.2 Å². The number of ether oxygens (including phenoxy) is 2. The van der Waals surface area contributed by atoms with Crippen LogP contribution in [0.1, 0.15) is 12.0 Å². The Morgan fingerprint density at radius 3 is 2.66 bits per heavy atom. The average molecular weight is 527 g/mol. The third-order valence-electron chi connectivity index (χ3n) is 4.81. The molecule has 0 aliphatic carbocycles. The van der Waals surface area contributed by atoms with Gasteiger partial charge in [0.1, 0.15) is 29.0 Å². The van der Waals surface area contributed by atoms with Crippen LogP contribution >= 0.6 is 0 Å². The standard InChI is InChI=1S/C22H24F2N4O5S2/c1-34(29,28-35(2,30)31)13-14-8-21-26-20-11-17(18(24)12-25-20)16-5-4-15(23)10-19(16)32-6-3-7-33-22(9-14)27-21/h4-5,8-12,34H,3,6-7,13H2,1-2H3,(H,28,29)(H,25,26,27). The van der Waals surface area contributed by atoms with Crippen LogP contribution in [0.25, 0.3) is 11.1 Å². The van der Waals surface area contributed by atoms with Crippen LogP contribution in [0.4, 0.5) is 20.4 Å². The smallest absolute Gasteiger partial charge is 0.256 e. The van der Waals surface area contributed by atoms with Crippen LogP contribution in [0.5, 0.6) is 11.6 Å². The largest absolute Gasteiger partial charge is 0.493 e. The Balaban J connectivity index is 1.77. The normalized spacial score (nSPS) is 14.4. The van der Waals surface area contributed by atoms with E-state index in [1.54, 1.807) is 12.1 Å². The predicted molar refractivity (Wildman–Crippen MR) is 131 cm³/mol. The van der Waals surface area contributed by atoms with Crippen LogP contribution in [0, 0.1) is 11.6 Å². The quantitative estimate of drug-likeness (QED) is 0.439. The highest BCUT2D eigenvalue weighted by molar-refractivity contribution is 8.06. The summed E-state index contributed by atoms with van der Waals surface area (Å²) in [6.45, 7) is 0.381. The lowest BCUT2D eigenvalue weighted by Crippen LogP contribution is -2.14. The summed E-state index contributed by atoms with van der Waals surface area (Å²) in [7, 11) is -6.92. The van der Waals surface area contributed by atoms with Crippen molar-refractivity contribution in [3.63, 3.8) is 0 Å². The maximum absolute atomic E-state index is 14.7. The number of pyridine rings is 2. The van der Waals surface area contributed by atoms with Crippen molar-refractivity contribution in [1.29, 1.82) is 0 Å². The molecule has 2 aromatic heterocycles. The highest BCUT2D eigenvalue weighted by Crippen LogP contribution is 2.34. The van der Waals surface area contributed by atoms with Crippen molar-refractivity contribution >= 4 is 31.8 Å². The Morgan fingerprint density at radius 2 is 1.89 bits per heavy atom. The molecule has 0 radical (unpaired) electrons. The number of hydrogen-bond acceptors (Lipinski definition) is 7. The number of rotatable bonds is 3. The van der Waals surface area contributed by atoms with E-state index < -0.39 is 31.8 Å². The Kier molecular flexibility index (Phi) is 7.01. The summed E-state index contributed by atoms with van der Waals surface area (Å²) < 4.78 is 77.3. The van der Waals surface area contributed by atoms with Crippen molar-refractivity contribution in [2.75, 3.05) is 31.0 Å². The van der Waals surface area contributed by atoms with Crippen LogP contribution in [0.15, 0.2) is 46.4 Å². The molecule has 1 aliphatic rings. The molecule has 1 aromatic carbocycles. The van der Waals surface area contributed by atoms with Gasteiger partial charge in [0.15, 0.2) is 0 Å². The Bertz CT molecular complexity index is 1430. The van der Waals surface area contributed by atoms with Gasteiger partial charge in [0.2, 0.25) is 5.88 Å². The number of aromatic nitrogens is 2. The number of halogens is 2. The van der Waals surface area contributed by atoms with Gasteiger partial charge in [0.25, 0.3) is 10.0 Å². The average Bonchev–Trinajstić information content (AvgIpc) is 2.72. The third-order valence-corrected chi connectivity index (χ3v) is 8.37. The minimum atomic E-state index is -3.74. The van der Waals surface area contributed by atoms with Crippen LogP contribution in [0.2, 0.25) is 0 Å². The molecule has 3 heterocycles. The van der Waals surface area contributed by atoms with Crippen molar-refractivity contribution in [2.24, 2.45) is 3.77 Å². The van der Waals surface area contributed by atoms with Crippen molar-refractivity contribution in [2.45, 2.75) is 12.2 Å². The van der Waals surface area contributed by atoms with Gasteiger partial charge in [-0.2, -0.15) is 4.98 Å². The zero-order valence-corrected chi connectivity index (χ0v) is 20.6. The van der Waals surface area contributed by atoms with Crippen LogP contribution < -0.4 is 14.8 Å². The van der Waals surface area contributed by atoms with E-state index in [1.807, 2.05) is 0 Å². The topological polar surface area (TPSA) is 123 Å². The molecule has 13 heteroatoms. The number of thiol groups is 1. The molecule has 0 atom stereocenters. The first-order valence-electron chi connectivity index (χ1n) is 10.5. The van der Waals surface area contributed by atoms with Gasteiger partial charge in [-0.05, 0) is 36.1 Å². The molecule has 35 heavy (non-hydrogen) atoms. The van der Waals surface area contributed by atoms with Crippen molar-refractivity contribution in [3.8, 4) is 22.8 Å². The first kappa shape index (κ1) is 24.9. The van der Waals surface area contributed by atoms with Crippen molar-refractivity contribution in [3.05, 3.63) is 59.8 Å². The van der Waals surface area contributed by atoms with E-state index in [0.29, 0.717) is 17.5 Å². The Hall–Kier alpha value is -3.16. The summed E-state index contributed by atoms with van der Waals surface area (Å²) >= 11 is 0. The molecular weight excluding hydrogens is 502 g/mol. The molecule has 0 unspecified atom stereocenters. The van der Waals surface area contributed by atoms with E-state index in [1.165, 1.54) is 30.5 Å². The minimum Gasteiger partial charge on any atom is -0.493 e. The predicted octanol–water partition coefficient (Wildman–Crippen LogP) is 3.96. The number of hydrogen-bond donors (Lipinski definition) is 3. The SMILES string of the molecule is CS(=O)(=O)N=[SH](C)(O)Cc1cc2nc(c1)OCCCOc1cc(F)ccc1-c1cc(ncc1F)N2. The summed E-state index contributed by atoms with van der Waals surface area (Å²) in [4.78, 5) is 8.43. The van der Waals surface area contributed by atoms with E-state index in [-0.39, 0.29) is 47.8 Å². The van der Waals surface area contributed by atoms with Gasteiger partial charge < -0.3 is 19.3 Å². The van der Waals surface area contributed by atoms with E-state index >= 15 is 0 Å². The first-order chi connectivity index (χ1) is 16.5. The highest BCUT2D eigenvalue weighted by Gasteiger charge is 2.16. The molecule has 4 bridgehead atoms. The minimum absolute atomic E-state index is 0.0300. The van der Waals surface area contributed by atoms with Gasteiger partial charge in [-0.3, -0.25) is 0 Å². The van der Waals surface area contributed by atoms with Gasteiger partial charge in [-0.25, -0.2) is 22.2 Å². The fourth-order valence-electron chi connectivity index (χ4n) is 3.58. The first-order valence-corrected chi connectivity index (χ1v) is 14.7. The van der Waals surface area contributed by atoms with Crippen LogP contribution in [0.3, 0.4) is 0 Å². The second-order valence-corrected chi connectivity index (χ2v) is 12.7. The number of anilines is 2. The molecular formula is C22H24F2N4O5S2. The highest BCUT2D eigenvalue weighted by atomic mass is 32.3. The van der Waals surface area contributed by atoms with E-state index in [2.05, 4.69) is 19.1 Å². The van der Waals surface area contributed by atoms with Gasteiger partial charge >= 0.3 is 0 Å². The zero-order chi connectivity index (χ0) is 25.2. The maximum Gasteiger partial charge on any atom is 0.256 e. The van der Waals surface area contributed by atoms with Gasteiger partial charge in [0, 0.05) is 35.4 Å². The molecule has 0 spiro atoms. The maximum atomic E-state index is 14.7. The fraction of sp³-hybridized carbons (Fsp3) is 0.273. The zero-order valence-electron chi connectivity index (χ0n) is 18.9. The molecule has 9 nitrogen and oxygen atoms in total. The summed E-state index contributed by atoms with van der Waals surface area (Å²) in [5.41, 5.74) is 1.05. The number of benzene rings is 1. The fourth-order valence-corrected chi connectivity index (χ4v) is 7.24. The molecule has 188 valence electrons. The van der Waals surface area contributed by atoms with E-state index in [9.17, 15) is 21.8 Å². The van der Waals surface area contributed by atoms with Crippen LogP contribution in [-0.4, -0.2) is 48.7 Å². The summed E-state index contributed by atoms with van der Waals surface area (Å²) in [6.07, 6.45) is 3.76. The summed E-state index contributed by atoms with van der Waals surface area (Å²) in [6, 6.07) is 8.47. The van der Waals surface area contributed by atoms with Gasteiger partial charge in [-0.15, -0.1) is 3.77 Å². The lowest BCUT2D eigenvalue weighted by atomic mass is 10.0. The van der Waals surface area contributed by atoms with Gasteiger partial charge in [0.05, 0.1) is 25.7 Å². The molecule has 0 saturated carbocycles. The van der Waals surface area contributed by atoms with Crippen LogP contribution in [-0.2, 0) is 25.9 Å². The monoisotopic (exact) mass is 526 g/mol. The summed E-state index contributed by atoms with van der Waals surface area (Å²) in [5.74, 6) is -0.220. The van der Waals surface area contributed by atoms with E-state index in [0.717, 1.165) is 12.5 Å². The third kappa shape index (κ3) is 6.71. The molecule has 4 rings (SSSR count). The summed E-state index contributed by atoms with van der Waals surface area (Å²) in [5, 5.41) is 2.98. The lowest BCUT2D eigenvalue weighted by Gasteiger charge is -2.19. The molecule has 0 fully saturated rings. The van der Waals surface area contributed by atoms with Crippen molar-refractivity contribution in [1.82, 2.24) is 9.97 Å². The second-order valence-electron chi connectivity index (χ2n) is 8.13. The number of nitrogens with one attached hydrogen (secondary N) is 1. The van der Waals surface area contributed by atoms with Gasteiger partial charge in [-0.1, -0.05) is 10.1 Å². The number of nitrogens with zero attached hydrogens (tertiary/aromatic N) is 3. The lowest BCUT2D eigenvalue weighted by molar-refractivity contribution is 0.242. The number of fused-ring (bicyclic) bond motifs is 6. The number of sulfonamides is 1. The van der Waals surface area contributed by atoms with E-state index in [4.69, 9.17) is 9.47 Å². The molecule has 2 N–H and O–H groups in total. The Labute approximate surface area is 202 Å². The molecule has 0 amide bonds. The molecule has 0 saturated heterocycles. The Morgan fingerprint density at radius 1 is 1.11 bits per heavy atom. The second kappa shape index (κ2) is 9.84.